The van der Waals surface area contributed by atoms with Gasteiger partial charge in [0.15, 0.2) is 0 Å². The lowest BCUT2D eigenvalue weighted by Crippen LogP contribution is -2.66. The van der Waals surface area contributed by atoms with Gasteiger partial charge in [0, 0.05) is 12.0 Å². The fourth-order valence-electron chi connectivity index (χ4n) is 2.27. The molecule has 0 spiro atoms. The first kappa shape index (κ1) is 16.6. The molecule has 0 bridgehead atoms. The van der Waals surface area contributed by atoms with Gasteiger partial charge in [-0.1, -0.05) is 13.3 Å². The smallest absolute Gasteiger partial charge is 0.252 e. The quantitative estimate of drug-likeness (QED) is 0.714. The number of nitrogens with one attached hydrogen (secondary N) is 1. The lowest BCUT2D eigenvalue weighted by Gasteiger charge is -2.41. The average molecular weight is 283 g/mol. The van der Waals surface area contributed by atoms with E-state index in [1.807, 2.05) is 13.8 Å². The van der Waals surface area contributed by atoms with Gasteiger partial charge in [-0.15, -0.1) is 0 Å². The largest absolute Gasteiger partial charge is 0.328 e. The van der Waals surface area contributed by atoms with Crippen LogP contribution in [0.4, 0.5) is 0 Å². The Kier molecular flexibility index (Phi) is 5.28. The molecule has 1 aliphatic rings. The van der Waals surface area contributed by atoms with Crippen LogP contribution in [0.15, 0.2) is 0 Å². The fraction of sp³-hybridized carbons (Fsp3) is 0.786. The van der Waals surface area contributed by atoms with Gasteiger partial charge in [0.1, 0.15) is 12.1 Å². The Labute approximate surface area is 120 Å². The van der Waals surface area contributed by atoms with Gasteiger partial charge in [-0.05, 0) is 33.6 Å². The molecule has 1 aliphatic heterocycles. The van der Waals surface area contributed by atoms with Gasteiger partial charge in [0.05, 0.1) is 0 Å². The highest BCUT2D eigenvalue weighted by atomic mass is 16.2. The summed E-state index contributed by atoms with van der Waals surface area (Å²) in [5.41, 5.74) is 4.70. The van der Waals surface area contributed by atoms with Crippen LogP contribution in [-0.4, -0.2) is 40.7 Å². The molecular weight excluding hydrogens is 258 g/mol. The van der Waals surface area contributed by atoms with Gasteiger partial charge in [0.2, 0.25) is 11.8 Å². The summed E-state index contributed by atoms with van der Waals surface area (Å²) in [6.07, 6.45) is 2.43. The molecular formula is C14H25N3O3. The van der Waals surface area contributed by atoms with E-state index in [0.29, 0.717) is 6.42 Å². The molecule has 1 saturated heterocycles. The number of rotatable bonds is 5. The van der Waals surface area contributed by atoms with Crippen LogP contribution in [0.25, 0.3) is 0 Å². The minimum absolute atomic E-state index is 0.0603. The maximum Gasteiger partial charge on any atom is 0.252 e. The number of hydrogen-bond acceptors (Lipinski definition) is 4. The Morgan fingerprint density at radius 2 is 1.95 bits per heavy atom. The summed E-state index contributed by atoms with van der Waals surface area (Å²) in [6.45, 7) is 7.01. The van der Waals surface area contributed by atoms with Gasteiger partial charge in [-0.3, -0.25) is 19.7 Å². The number of piperazine rings is 1. The lowest BCUT2D eigenvalue weighted by molar-refractivity contribution is -0.157. The third kappa shape index (κ3) is 3.79. The molecule has 0 saturated carbocycles. The molecule has 3 N–H and O–H groups in total. The summed E-state index contributed by atoms with van der Waals surface area (Å²) in [5, 5.41) is 2.26. The van der Waals surface area contributed by atoms with Crippen molar-refractivity contribution in [1.29, 1.82) is 0 Å². The summed E-state index contributed by atoms with van der Waals surface area (Å²) < 4.78 is 0. The van der Waals surface area contributed by atoms with Crippen molar-refractivity contribution in [2.24, 2.45) is 11.7 Å². The summed E-state index contributed by atoms with van der Waals surface area (Å²) >= 11 is 0. The molecule has 6 heteroatoms. The molecule has 1 rings (SSSR count). The molecule has 6 nitrogen and oxygen atoms in total. The molecule has 1 fully saturated rings. The molecule has 20 heavy (non-hydrogen) atoms. The molecule has 0 aromatic rings. The van der Waals surface area contributed by atoms with Crippen LogP contribution >= 0.6 is 0 Å². The monoisotopic (exact) mass is 283 g/mol. The zero-order valence-corrected chi connectivity index (χ0v) is 12.7. The Hall–Kier alpha value is -1.43. The van der Waals surface area contributed by atoms with Crippen LogP contribution < -0.4 is 11.1 Å². The van der Waals surface area contributed by atoms with Crippen molar-refractivity contribution in [2.75, 3.05) is 6.54 Å². The van der Waals surface area contributed by atoms with Gasteiger partial charge >= 0.3 is 0 Å². The zero-order chi connectivity index (χ0) is 15.5. The van der Waals surface area contributed by atoms with Crippen molar-refractivity contribution in [3.8, 4) is 0 Å². The Morgan fingerprint density at radius 3 is 2.50 bits per heavy atom. The van der Waals surface area contributed by atoms with Crippen molar-refractivity contribution < 1.29 is 14.4 Å². The lowest BCUT2D eigenvalue weighted by atomic mass is 9.94. The third-order valence-electron chi connectivity index (χ3n) is 3.77. The third-order valence-corrected chi connectivity index (χ3v) is 3.77. The van der Waals surface area contributed by atoms with E-state index < -0.39 is 17.4 Å². The number of nitrogens with zero attached hydrogens (tertiary/aromatic N) is 1. The second kappa shape index (κ2) is 6.35. The average Bonchev–Trinajstić information content (AvgIpc) is 2.32. The SMILES string of the molecule is CC(N)CCCC(C)C(=O)N1CC(=O)NC(=O)C1(C)C. The zero-order valence-electron chi connectivity index (χ0n) is 12.7. The standard InChI is InChI=1S/C14H25N3O3/c1-9(6-5-7-10(2)15)12(19)17-8-11(18)16-13(20)14(17,3)4/h9-10H,5-8,15H2,1-4H3,(H,16,18,20). The van der Waals surface area contributed by atoms with Gasteiger partial charge in [0.25, 0.3) is 5.91 Å². The van der Waals surface area contributed by atoms with E-state index >= 15 is 0 Å². The molecule has 0 aliphatic carbocycles. The molecule has 1 heterocycles. The highest BCUT2D eigenvalue weighted by Gasteiger charge is 2.44. The second-order valence-corrected chi connectivity index (χ2v) is 6.17. The summed E-state index contributed by atoms with van der Waals surface area (Å²) in [5.74, 6) is -1.22. The minimum atomic E-state index is -0.986. The van der Waals surface area contributed by atoms with Crippen LogP contribution in [0.1, 0.15) is 47.0 Å². The first-order valence-corrected chi connectivity index (χ1v) is 7.07. The van der Waals surface area contributed by atoms with Crippen molar-refractivity contribution >= 4 is 17.7 Å². The van der Waals surface area contributed by atoms with E-state index in [1.54, 1.807) is 13.8 Å². The van der Waals surface area contributed by atoms with Crippen LogP contribution in [0.3, 0.4) is 0 Å². The van der Waals surface area contributed by atoms with E-state index in [0.717, 1.165) is 12.8 Å². The van der Waals surface area contributed by atoms with Gasteiger partial charge < -0.3 is 10.6 Å². The Balaban J connectivity index is 2.68. The Morgan fingerprint density at radius 1 is 1.35 bits per heavy atom. The topological polar surface area (TPSA) is 92.5 Å². The Bertz CT molecular complexity index is 404. The van der Waals surface area contributed by atoms with E-state index in [1.165, 1.54) is 4.90 Å². The molecule has 2 atom stereocenters. The first-order valence-electron chi connectivity index (χ1n) is 7.07. The fourth-order valence-corrected chi connectivity index (χ4v) is 2.27. The van der Waals surface area contributed by atoms with Crippen molar-refractivity contribution in [2.45, 2.75) is 58.5 Å². The van der Waals surface area contributed by atoms with E-state index in [2.05, 4.69) is 5.32 Å². The first-order chi connectivity index (χ1) is 9.16. The number of carbonyl (C=O) groups excluding carboxylic acids is 3. The maximum atomic E-state index is 12.4. The molecule has 0 aromatic carbocycles. The van der Waals surface area contributed by atoms with E-state index in [4.69, 9.17) is 5.73 Å². The minimum Gasteiger partial charge on any atom is -0.328 e. The number of amides is 3. The van der Waals surface area contributed by atoms with Crippen LogP contribution in [0.5, 0.6) is 0 Å². The van der Waals surface area contributed by atoms with Crippen molar-refractivity contribution in [1.82, 2.24) is 10.2 Å². The van der Waals surface area contributed by atoms with Crippen molar-refractivity contribution in [3.05, 3.63) is 0 Å². The van der Waals surface area contributed by atoms with Gasteiger partial charge in [-0.2, -0.15) is 0 Å². The van der Waals surface area contributed by atoms with Crippen LogP contribution in [0, 0.1) is 5.92 Å². The second-order valence-electron chi connectivity index (χ2n) is 6.17. The molecule has 114 valence electrons. The number of nitrogens with two attached hydrogens (primary N) is 1. The highest BCUT2D eigenvalue weighted by Crippen LogP contribution is 2.22. The molecule has 0 radical (unpaired) electrons. The predicted octanol–water partition coefficient (Wildman–Crippen LogP) is 0.404. The van der Waals surface area contributed by atoms with E-state index in [9.17, 15) is 14.4 Å². The maximum absolute atomic E-state index is 12.4. The summed E-state index contributed by atoms with van der Waals surface area (Å²) in [7, 11) is 0. The highest BCUT2D eigenvalue weighted by molar-refractivity contribution is 6.06. The molecule has 3 amide bonds. The predicted molar refractivity (Wildman–Crippen MR) is 75.6 cm³/mol. The van der Waals surface area contributed by atoms with Crippen LogP contribution in [0.2, 0.25) is 0 Å². The van der Waals surface area contributed by atoms with E-state index in [-0.39, 0.29) is 24.4 Å². The number of carbonyl (C=O) groups is 3. The number of imide groups is 1. The summed E-state index contributed by atoms with van der Waals surface area (Å²) in [6, 6.07) is 0.121. The number of hydrogen-bond donors (Lipinski definition) is 2. The van der Waals surface area contributed by atoms with Crippen molar-refractivity contribution in [3.63, 3.8) is 0 Å². The molecule has 0 aromatic heterocycles. The van der Waals surface area contributed by atoms with Gasteiger partial charge in [-0.25, -0.2) is 0 Å². The van der Waals surface area contributed by atoms with Crippen LogP contribution in [-0.2, 0) is 14.4 Å². The normalized spacial score (nSPS) is 21.4. The summed E-state index contributed by atoms with van der Waals surface area (Å²) in [4.78, 5) is 37.1. The molecule has 2 unspecified atom stereocenters.